The number of esters is 1. The van der Waals surface area contributed by atoms with Gasteiger partial charge in [0, 0.05) is 5.02 Å². The summed E-state index contributed by atoms with van der Waals surface area (Å²) < 4.78 is 4.57. The molecule has 0 aliphatic rings. The number of hydrogen-bond donors (Lipinski definition) is 0. The quantitative estimate of drug-likeness (QED) is 0.421. The van der Waals surface area contributed by atoms with Crippen molar-refractivity contribution in [3.8, 4) is 0 Å². The number of carbonyl (C=O) groups excluding carboxylic acids is 2. The second-order valence-corrected chi connectivity index (χ2v) is 2.79. The highest BCUT2D eigenvalue weighted by atomic mass is 35.5. The molecule has 4 heteroatoms. The van der Waals surface area contributed by atoms with Gasteiger partial charge in [-0.25, -0.2) is 4.79 Å². The minimum Gasteiger partial charge on any atom is -0.455 e. The standard InChI is InChI=1S/C9H7ClO3/c10-8-3-1-7(2-4-8)6-13-9(12)5-11/h1-5H,6H2. The lowest BCUT2D eigenvalue weighted by molar-refractivity contribution is -0.149. The van der Waals surface area contributed by atoms with E-state index in [2.05, 4.69) is 4.74 Å². The maximum atomic E-state index is 10.4. The molecule has 1 aromatic carbocycles. The van der Waals surface area contributed by atoms with E-state index in [1.165, 1.54) is 0 Å². The van der Waals surface area contributed by atoms with Crippen LogP contribution in [0.3, 0.4) is 0 Å². The highest BCUT2D eigenvalue weighted by molar-refractivity contribution is 6.30. The molecule has 0 radical (unpaired) electrons. The summed E-state index contributed by atoms with van der Waals surface area (Å²) in [7, 11) is 0. The first-order valence-electron chi connectivity index (χ1n) is 3.59. The van der Waals surface area contributed by atoms with Crippen LogP contribution in [0.2, 0.25) is 5.02 Å². The third-order valence-electron chi connectivity index (χ3n) is 1.39. The van der Waals surface area contributed by atoms with Gasteiger partial charge in [0.25, 0.3) is 0 Å². The van der Waals surface area contributed by atoms with Gasteiger partial charge in [0.05, 0.1) is 0 Å². The van der Waals surface area contributed by atoms with E-state index in [0.717, 1.165) is 5.56 Å². The van der Waals surface area contributed by atoms with E-state index in [1.807, 2.05) is 0 Å². The molecule has 1 rings (SSSR count). The summed E-state index contributed by atoms with van der Waals surface area (Å²) >= 11 is 5.64. The van der Waals surface area contributed by atoms with Crippen LogP contribution in [0.5, 0.6) is 0 Å². The minimum atomic E-state index is -0.866. The van der Waals surface area contributed by atoms with Crippen molar-refractivity contribution in [3.05, 3.63) is 34.9 Å². The number of benzene rings is 1. The molecule has 0 spiro atoms. The first kappa shape index (κ1) is 9.74. The lowest BCUT2D eigenvalue weighted by Gasteiger charge is -2.00. The van der Waals surface area contributed by atoms with Crippen molar-refractivity contribution < 1.29 is 14.3 Å². The van der Waals surface area contributed by atoms with Crippen LogP contribution >= 0.6 is 11.6 Å². The van der Waals surface area contributed by atoms with Crippen LogP contribution in [0.4, 0.5) is 0 Å². The third kappa shape index (κ3) is 3.25. The lowest BCUT2D eigenvalue weighted by atomic mass is 10.2. The van der Waals surface area contributed by atoms with E-state index in [4.69, 9.17) is 11.6 Å². The molecule has 0 aliphatic carbocycles. The molecule has 13 heavy (non-hydrogen) atoms. The van der Waals surface area contributed by atoms with Crippen molar-refractivity contribution in [2.45, 2.75) is 6.61 Å². The predicted octanol–water partition coefficient (Wildman–Crippen LogP) is 1.58. The molecule has 0 N–H and O–H groups in total. The Morgan fingerprint density at radius 1 is 1.38 bits per heavy atom. The fourth-order valence-electron chi connectivity index (χ4n) is 0.769. The Morgan fingerprint density at radius 2 is 2.00 bits per heavy atom. The maximum absolute atomic E-state index is 10.4. The predicted molar refractivity (Wildman–Crippen MR) is 47.3 cm³/mol. The van der Waals surface area contributed by atoms with E-state index >= 15 is 0 Å². The van der Waals surface area contributed by atoms with Gasteiger partial charge in [0.2, 0.25) is 6.29 Å². The molecule has 3 nitrogen and oxygen atoms in total. The maximum Gasteiger partial charge on any atom is 0.371 e. The molecule has 0 atom stereocenters. The van der Waals surface area contributed by atoms with Gasteiger partial charge in [-0.1, -0.05) is 23.7 Å². The van der Waals surface area contributed by atoms with Crippen LogP contribution in [-0.2, 0) is 20.9 Å². The van der Waals surface area contributed by atoms with Crippen molar-refractivity contribution in [1.82, 2.24) is 0 Å². The van der Waals surface area contributed by atoms with Crippen LogP contribution in [-0.4, -0.2) is 12.3 Å². The molecule has 0 bridgehead atoms. The Balaban J connectivity index is 2.50. The summed E-state index contributed by atoms with van der Waals surface area (Å²) in [5.74, 6) is -0.866. The molecular weight excluding hydrogens is 192 g/mol. The highest BCUT2D eigenvalue weighted by Gasteiger charge is 1.99. The average molecular weight is 199 g/mol. The smallest absolute Gasteiger partial charge is 0.371 e. The van der Waals surface area contributed by atoms with Gasteiger partial charge in [-0.15, -0.1) is 0 Å². The Bertz CT molecular complexity index is 305. The number of ether oxygens (including phenoxy) is 1. The van der Waals surface area contributed by atoms with Crippen molar-refractivity contribution in [1.29, 1.82) is 0 Å². The van der Waals surface area contributed by atoms with Crippen LogP contribution in [0.1, 0.15) is 5.56 Å². The number of carbonyl (C=O) groups is 2. The third-order valence-corrected chi connectivity index (χ3v) is 1.64. The van der Waals surface area contributed by atoms with Gasteiger partial charge in [-0.2, -0.15) is 0 Å². The largest absolute Gasteiger partial charge is 0.455 e. The highest BCUT2D eigenvalue weighted by Crippen LogP contribution is 2.09. The van der Waals surface area contributed by atoms with Crippen molar-refractivity contribution in [2.75, 3.05) is 0 Å². The van der Waals surface area contributed by atoms with E-state index in [1.54, 1.807) is 24.3 Å². The molecule has 0 heterocycles. The first-order chi connectivity index (χ1) is 6.22. The molecule has 1 aromatic rings. The van der Waals surface area contributed by atoms with Gasteiger partial charge >= 0.3 is 5.97 Å². The van der Waals surface area contributed by atoms with Gasteiger partial charge < -0.3 is 4.74 Å². The fraction of sp³-hybridized carbons (Fsp3) is 0.111. The van der Waals surface area contributed by atoms with Crippen molar-refractivity contribution in [2.24, 2.45) is 0 Å². The van der Waals surface area contributed by atoms with Gasteiger partial charge in [0.1, 0.15) is 6.61 Å². The normalized spacial score (nSPS) is 9.31. The number of aldehydes is 1. The molecular formula is C9H7ClO3. The summed E-state index contributed by atoms with van der Waals surface area (Å²) in [5, 5.41) is 0.616. The Kier molecular flexibility index (Phi) is 3.46. The van der Waals surface area contributed by atoms with Gasteiger partial charge in [-0.3, -0.25) is 4.79 Å². The summed E-state index contributed by atoms with van der Waals surface area (Å²) in [6, 6.07) is 6.82. The molecule has 0 unspecified atom stereocenters. The van der Waals surface area contributed by atoms with Crippen molar-refractivity contribution >= 4 is 23.9 Å². The van der Waals surface area contributed by atoms with E-state index in [9.17, 15) is 9.59 Å². The lowest BCUT2D eigenvalue weighted by Crippen LogP contribution is -2.04. The Labute approximate surface area is 80.3 Å². The number of halogens is 1. The van der Waals surface area contributed by atoms with Gasteiger partial charge in [-0.05, 0) is 17.7 Å². The number of rotatable bonds is 3. The van der Waals surface area contributed by atoms with Crippen LogP contribution < -0.4 is 0 Å². The van der Waals surface area contributed by atoms with Crippen molar-refractivity contribution in [3.63, 3.8) is 0 Å². The second-order valence-electron chi connectivity index (χ2n) is 2.35. The summed E-state index contributed by atoms with van der Waals surface area (Å²) in [5.41, 5.74) is 0.791. The zero-order valence-electron chi connectivity index (χ0n) is 6.70. The van der Waals surface area contributed by atoms with Gasteiger partial charge in [0.15, 0.2) is 0 Å². The molecule has 68 valence electrons. The zero-order chi connectivity index (χ0) is 9.68. The topological polar surface area (TPSA) is 43.4 Å². The molecule has 0 saturated carbocycles. The van der Waals surface area contributed by atoms with Crippen LogP contribution in [0.25, 0.3) is 0 Å². The SMILES string of the molecule is O=CC(=O)OCc1ccc(Cl)cc1. The van der Waals surface area contributed by atoms with Crippen LogP contribution in [0.15, 0.2) is 24.3 Å². The summed E-state index contributed by atoms with van der Waals surface area (Å²) in [4.78, 5) is 20.3. The van der Waals surface area contributed by atoms with E-state index < -0.39 is 5.97 Å². The molecule has 0 amide bonds. The monoisotopic (exact) mass is 198 g/mol. The number of hydrogen-bond acceptors (Lipinski definition) is 3. The summed E-state index contributed by atoms with van der Waals surface area (Å²) in [6.45, 7) is 0.0920. The summed E-state index contributed by atoms with van der Waals surface area (Å²) in [6.07, 6.45) is 0.135. The average Bonchev–Trinajstić information content (AvgIpc) is 2.16. The molecule has 0 fully saturated rings. The second kappa shape index (κ2) is 4.62. The van der Waals surface area contributed by atoms with E-state index in [-0.39, 0.29) is 12.9 Å². The minimum absolute atomic E-state index is 0.0920. The fourth-order valence-corrected chi connectivity index (χ4v) is 0.895. The zero-order valence-corrected chi connectivity index (χ0v) is 7.45. The molecule has 0 saturated heterocycles. The van der Waals surface area contributed by atoms with E-state index in [0.29, 0.717) is 5.02 Å². The van der Waals surface area contributed by atoms with Crippen LogP contribution in [0, 0.1) is 0 Å². The first-order valence-corrected chi connectivity index (χ1v) is 3.96. The Hall–Kier alpha value is -1.35. The molecule has 0 aromatic heterocycles. The molecule has 0 aliphatic heterocycles. The Morgan fingerprint density at radius 3 is 2.54 bits per heavy atom.